The molecule has 0 fully saturated rings. The standard InChI is InChI=1S/C19H23N5O2/c1-23-13-16(12-20-5-7-24-8-6-21-14-24)19(22-23)15-3-4-17-18(11-15)26-10-2-9-25-17/h3-4,6,8,11,13-14,20H,2,5,7,9-10,12H2,1H3. The molecule has 7 heteroatoms. The summed E-state index contributed by atoms with van der Waals surface area (Å²) in [5.74, 6) is 1.60. The van der Waals surface area contributed by atoms with Crippen LogP contribution in [0, 0.1) is 0 Å². The summed E-state index contributed by atoms with van der Waals surface area (Å²) in [6.45, 7) is 3.89. The summed E-state index contributed by atoms with van der Waals surface area (Å²) < 4.78 is 15.4. The van der Waals surface area contributed by atoms with Crippen molar-refractivity contribution < 1.29 is 9.47 Å². The summed E-state index contributed by atoms with van der Waals surface area (Å²) in [7, 11) is 1.95. The first-order chi connectivity index (χ1) is 12.8. The van der Waals surface area contributed by atoms with E-state index >= 15 is 0 Å². The number of hydrogen-bond donors (Lipinski definition) is 1. The number of benzene rings is 1. The van der Waals surface area contributed by atoms with Gasteiger partial charge < -0.3 is 19.4 Å². The number of fused-ring (bicyclic) bond motifs is 1. The highest BCUT2D eigenvalue weighted by Crippen LogP contribution is 2.34. The number of rotatable bonds is 6. The Morgan fingerprint density at radius 3 is 2.92 bits per heavy atom. The van der Waals surface area contributed by atoms with Gasteiger partial charge in [-0.3, -0.25) is 4.68 Å². The molecule has 7 nitrogen and oxygen atoms in total. The number of ether oxygens (including phenoxy) is 2. The highest BCUT2D eigenvalue weighted by Gasteiger charge is 2.15. The van der Waals surface area contributed by atoms with Crippen molar-refractivity contribution in [3.63, 3.8) is 0 Å². The summed E-state index contributed by atoms with van der Waals surface area (Å²) in [5.41, 5.74) is 3.17. The molecule has 0 bridgehead atoms. The number of imidazole rings is 1. The maximum Gasteiger partial charge on any atom is 0.161 e. The first-order valence-electron chi connectivity index (χ1n) is 8.88. The Hall–Kier alpha value is -2.80. The smallest absolute Gasteiger partial charge is 0.161 e. The Labute approximate surface area is 152 Å². The SMILES string of the molecule is Cn1cc(CNCCn2ccnc2)c(-c2ccc3c(c2)OCCCO3)n1. The van der Waals surface area contributed by atoms with E-state index in [-0.39, 0.29) is 0 Å². The molecule has 0 atom stereocenters. The molecule has 0 spiro atoms. The number of aryl methyl sites for hydroxylation is 1. The second-order valence-electron chi connectivity index (χ2n) is 6.37. The molecule has 1 N–H and O–H groups in total. The van der Waals surface area contributed by atoms with E-state index in [2.05, 4.69) is 26.2 Å². The summed E-state index contributed by atoms with van der Waals surface area (Å²) in [4.78, 5) is 4.06. The van der Waals surface area contributed by atoms with Crippen LogP contribution < -0.4 is 14.8 Å². The number of nitrogens with zero attached hydrogens (tertiary/aromatic N) is 4. The van der Waals surface area contributed by atoms with Crippen LogP contribution in [-0.4, -0.2) is 39.1 Å². The predicted octanol–water partition coefficient (Wildman–Crippen LogP) is 2.23. The van der Waals surface area contributed by atoms with Crippen molar-refractivity contribution in [3.05, 3.63) is 48.7 Å². The molecular weight excluding hydrogens is 330 g/mol. The Kier molecular flexibility index (Phi) is 4.88. The molecule has 4 rings (SSSR count). The molecule has 0 saturated heterocycles. The molecule has 26 heavy (non-hydrogen) atoms. The minimum atomic E-state index is 0.682. The van der Waals surface area contributed by atoms with Crippen LogP contribution in [0.2, 0.25) is 0 Å². The van der Waals surface area contributed by atoms with E-state index in [9.17, 15) is 0 Å². The van der Waals surface area contributed by atoms with Crippen LogP contribution in [0.3, 0.4) is 0 Å². The van der Waals surface area contributed by atoms with Gasteiger partial charge in [0, 0.05) is 62.8 Å². The van der Waals surface area contributed by atoms with Gasteiger partial charge in [-0.2, -0.15) is 5.10 Å². The lowest BCUT2D eigenvalue weighted by molar-refractivity contribution is 0.297. The van der Waals surface area contributed by atoms with Gasteiger partial charge in [-0.1, -0.05) is 0 Å². The fourth-order valence-corrected chi connectivity index (χ4v) is 3.07. The van der Waals surface area contributed by atoms with Crippen LogP contribution in [0.15, 0.2) is 43.1 Å². The van der Waals surface area contributed by atoms with Crippen molar-refractivity contribution in [2.24, 2.45) is 7.05 Å². The van der Waals surface area contributed by atoms with E-state index in [0.717, 1.165) is 54.4 Å². The molecule has 0 saturated carbocycles. The van der Waals surface area contributed by atoms with Gasteiger partial charge in [0.2, 0.25) is 0 Å². The molecule has 0 aliphatic carbocycles. The van der Waals surface area contributed by atoms with E-state index in [1.165, 1.54) is 0 Å². The zero-order valence-electron chi connectivity index (χ0n) is 14.9. The molecular formula is C19H23N5O2. The molecule has 136 valence electrons. The highest BCUT2D eigenvalue weighted by molar-refractivity contribution is 5.66. The van der Waals surface area contributed by atoms with Gasteiger partial charge in [0.25, 0.3) is 0 Å². The third kappa shape index (κ3) is 3.72. The summed E-state index contributed by atoms with van der Waals surface area (Å²) in [5, 5.41) is 8.12. The topological polar surface area (TPSA) is 66.1 Å². The van der Waals surface area contributed by atoms with Gasteiger partial charge in [0.05, 0.1) is 25.2 Å². The maximum atomic E-state index is 5.81. The van der Waals surface area contributed by atoms with Crippen LogP contribution in [0.4, 0.5) is 0 Å². The van der Waals surface area contributed by atoms with Crippen LogP contribution in [0.1, 0.15) is 12.0 Å². The van der Waals surface area contributed by atoms with Crippen molar-refractivity contribution in [1.82, 2.24) is 24.6 Å². The van der Waals surface area contributed by atoms with E-state index < -0.39 is 0 Å². The van der Waals surface area contributed by atoms with Crippen LogP contribution in [0.25, 0.3) is 11.3 Å². The van der Waals surface area contributed by atoms with Gasteiger partial charge in [-0.05, 0) is 18.2 Å². The van der Waals surface area contributed by atoms with Gasteiger partial charge in [-0.15, -0.1) is 0 Å². The summed E-state index contributed by atoms with van der Waals surface area (Å²) in [6.07, 6.45) is 8.55. The fraction of sp³-hybridized carbons (Fsp3) is 0.368. The van der Waals surface area contributed by atoms with Crippen LogP contribution >= 0.6 is 0 Å². The Bertz CT molecular complexity index is 857. The zero-order valence-corrected chi connectivity index (χ0v) is 14.9. The molecule has 0 amide bonds. The average Bonchev–Trinajstić information content (AvgIpc) is 3.22. The molecule has 1 aliphatic heterocycles. The minimum absolute atomic E-state index is 0.682. The maximum absolute atomic E-state index is 5.81. The first-order valence-corrected chi connectivity index (χ1v) is 8.88. The second-order valence-corrected chi connectivity index (χ2v) is 6.37. The molecule has 1 aliphatic rings. The van der Waals surface area contributed by atoms with E-state index in [4.69, 9.17) is 9.47 Å². The Morgan fingerprint density at radius 2 is 2.08 bits per heavy atom. The lowest BCUT2D eigenvalue weighted by Gasteiger charge is -2.10. The van der Waals surface area contributed by atoms with E-state index in [1.807, 2.05) is 42.5 Å². The lowest BCUT2D eigenvalue weighted by atomic mass is 10.1. The average molecular weight is 353 g/mol. The normalized spacial score (nSPS) is 13.6. The van der Waals surface area contributed by atoms with Crippen LogP contribution in [-0.2, 0) is 20.1 Å². The number of hydrogen-bond acceptors (Lipinski definition) is 5. The van der Waals surface area contributed by atoms with Gasteiger partial charge in [0.1, 0.15) is 0 Å². The largest absolute Gasteiger partial charge is 0.490 e. The van der Waals surface area contributed by atoms with Crippen molar-refractivity contribution >= 4 is 0 Å². The molecule has 2 aromatic heterocycles. The zero-order chi connectivity index (χ0) is 17.8. The first kappa shape index (κ1) is 16.7. The third-order valence-corrected chi connectivity index (χ3v) is 4.35. The molecule has 3 aromatic rings. The minimum Gasteiger partial charge on any atom is -0.490 e. The monoisotopic (exact) mass is 353 g/mol. The molecule has 1 aromatic carbocycles. The molecule has 0 unspecified atom stereocenters. The fourth-order valence-electron chi connectivity index (χ4n) is 3.07. The van der Waals surface area contributed by atoms with E-state index in [0.29, 0.717) is 13.2 Å². The summed E-state index contributed by atoms with van der Waals surface area (Å²) in [6, 6.07) is 6.05. The van der Waals surface area contributed by atoms with Gasteiger partial charge >= 0.3 is 0 Å². The second kappa shape index (κ2) is 7.61. The third-order valence-electron chi connectivity index (χ3n) is 4.35. The Morgan fingerprint density at radius 1 is 1.19 bits per heavy atom. The van der Waals surface area contributed by atoms with Crippen molar-refractivity contribution in [2.75, 3.05) is 19.8 Å². The molecule has 3 heterocycles. The quantitative estimate of drug-likeness (QED) is 0.689. The highest BCUT2D eigenvalue weighted by atomic mass is 16.5. The van der Waals surface area contributed by atoms with Crippen LogP contribution in [0.5, 0.6) is 11.5 Å². The number of aromatic nitrogens is 4. The van der Waals surface area contributed by atoms with Gasteiger partial charge in [0.15, 0.2) is 11.5 Å². The Balaban J connectivity index is 1.47. The van der Waals surface area contributed by atoms with Gasteiger partial charge in [-0.25, -0.2) is 4.98 Å². The number of nitrogens with one attached hydrogen (secondary N) is 1. The van der Waals surface area contributed by atoms with Crippen molar-refractivity contribution in [3.8, 4) is 22.8 Å². The van der Waals surface area contributed by atoms with Crippen molar-refractivity contribution in [2.45, 2.75) is 19.5 Å². The summed E-state index contributed by atoms with van der Waals surface area (Å²) >= 11 is 0. The lowest BCUT2D eigenvalue weighted by Crippen LogP contribution is -2.19. The van der Waals surface area contributed by atoms with Crippen molar-refractivity contribution in [1.29, 1.82) is 0 Å². The predicted molar refractivity (Wildman–Crippen MR) is 98.2 cm³/mol. The molecule has 0 radical (unpaired) electrons. The van der Waals surface area contributed by atoms with E-state index in [1.54, 1.807) is 6.20 Å².